The Morgan fingerprint density at radius 1 is 0.912 bits per heavy atom. The van der Waals surface area contributed by atoms with Crippen molar-refractivity contribution in [1.29, 1.82) is 0 Å². The lowest BCUT2D eigenvalue weighted by Gasteiger charge is -2.24. The summed E-state index contributed by atoms with van der Waals surface area (Å²) in [5.74, 6) is 1.23. The highest BCUT2D eigenvalue weighted by atomic mass is 32.2. The van der Waals surface area contributed by atoms with Crippen molar-refractivity contribution in [3.05, 3.63) is 83.4 Å². The zero-order chi connectivity index (χ0) is 24.5. The number of sulfonamides is 1. The summed E-state index contributed by atoms with van der Waals surface area (Å²) in [5.41, 5.74) is 4.30. The maximum atomic E-state index is 13.7. The minimum absolute atomic E-state index is 0.209. The van der Waals surface area contributed by atoms with Crippen LogP contribution in [0.15, 0.2) is 76.7 Å². The van der Waals surface area contributed by atoms with Gasteiger partial charge in [0.25, 0.3) is 10.0 Å². The molecular weight excluding hydrogens is 450 g/mol. The summed E-state index contributed by atoms with van der Waals surface area (Å²) < 4.78 is 39.4. The fourth-order valence-electron chi connectivity index (χ4n) is 3.92. The second kappa shape index (κ2) is 9.38. The molecule has 0 aliphatic carbocycles. The molecule has 0 saturated carbocycles. The largest absolute Gasteiger partial charge is 0.497 e. The Bertz CT molecular complexity index is 1280. The van der Waals surface area contributed by atoms with E-state index in [2.05, 4.69) is 5.10 Å². The summed E-state index contributed by atoms with van der Waals surface area (Å²) in [7, 11) is 3.22. The average Bonchev–Trinajstić information content (AvgIpc) is 3.30. The van der Waals surface area contributed by atoms with Crippen LogP contribution in [-0.4, -0.2) is 46.9 Å². The molecule has 3 aromatic carbocycles. The normalized spacial score (nSPS) is 15.7. The van der Waals surface area contributed by atoms with Gasteiger partial charge in [0.1, 0.15) is 11.5 Å². The lowest BCUT2D eigenvalue weighted by Crippen LogP contribution is -2.27. The molecule has 0 unspecified atom stereocenters. The van der Waals surface area contributed by atoms with E-state index in [4.69, 9.17) is 9.47 Å². The van der Waals surface area contributed by atoms with Crippen LogP contribution in [0.1, 0.15) is 29.2 Å². The first-order valence-electron chi connectivity index (χ1n) is 10.9. The van der Waals surface area contributed by atoms with Crippen LogP contribution >= 0.6 is 0 Å². The lowest BCUT2D eigenvalue weighted by molar-refractivity contribution is 0.371. The minimum Gasteiger partial charge on any atom is -0.497 e. The maximum Gasteiger partial charge on any atom is 0.279 e. The van der Waals surface area contributed by atoms with E-state index >= 15 is 0 Å². The number of benzene rings is 3. The van der Waals surface area contributed by atoms with Gasteiger partial charge >= 0.3 is 0 Å². The lowest BCUT2D eigenvalue weighted by atomic mass is 9.98. The summed E-state index contributed by atoms with van der Waals surface area (Å²) >= 11 is 0. The third-order valence-corrected chi connectivity index (χ3v) is 7.61. The summed E-state index contributed by atoms with van der Waals surface area (Å²) in [4.78, 5) is 2.21. The zero-order valence-electron chi connectivity index (χ0n) is 20.0. The molecule has 0 fully saturated rings. The fourth-order valence-corrected chi connectivity index (χ4v) is 5.35. The highest BCUT2D eigenvalue weighted by Gasteiger charge is 2.38. The number of anilines is 1. The molecule has 178 valence electrons. The zero-order valence-corrected chi connectivity index (χ0v) is 20.8. The molecule has 0 spiro atoms. The Morgan fingerprint density at radius 2 is 1.50 bits per heavy atom. The van der Waals surface area contributed by atoms with E-state index in [1.165, 1.54) is 4.41 Å². The van der Waals surface area contributed by atoms with Crippen LogP contribution in [0, 0.1) is 6.92 Å². The first-order chi connectivity index (χ1) is 16.2. The number of hydrogen-bond acceptors (Lipinski definition) is 6. The van der Waals surface area contributed by atoms with Crippen molar-refractivity contribution >= 4 is 21.4 Å². The first kappa shape index (κ1) is 23.6. The second-order valence-corrected chi connectivity index (χ2v) is 10.2. The summed E-state index contributed by atoms with van der Waals surface area (Å²) in [6.07, 6.45) is 0.419. The van der Waals surface area contributed by atoms with Gasteiger partial charge < -0.3 is 14.4 Å². The number of nitrogens with zero attached hydrogens (tertiary/aromatic N) is 3. The predicted octanol–water partition coefficient (Wildman–Crippen LogP) is 4.62. The molecule has 0 bridgehead atoms. The van der Waals surface area contributed by atoms with Crippen molar-refractivity contribution in [3.63, 3.8) is 0 Å². The van der Waals surface area contributed by atoms with Gasteiger partial charge in [0.05, 0.1) is 30.9 Å². The van der Waals surface area contributed by atoms with E-state index < -0.39 is 16.1 Å². The molecule has 0 saturated heterocycles. The number of hydrogen-bond donors (Lipinski definition) is 0. The predicted molar refractivity (Wildman–Crippen MR) is 134 cm³/mol. The molecule has 7 nitrogen and oxygen atoms in total. The van der Waals surface area contributed by atoms with Gasteiger partial charge in [-0.1, -0.05) is 29.8 Å². The average molecular weight is 480 g/mol. The number of hydrazone groups is 1. The molecule has 1 aliphatic heterocycles. The minimum atomic E-state index is -3.88. The van der Waals surface area contributed by atoms with Crippen LogP contribution < -0.4 is 14.4 Å². The van der Waals surface area contributed by atoms with Gasteiger partial charge in [-0.2, -0.15) is 17.9 Å². The Morgan fingerprint density at radius 3 is 2.03 bits per heavy atom. The summed E-state index contributed by atoms with van der Waals surface area (Å²) in [6.45, 7) is 1.92. The van der Waals surface area contributed by atoms with Gasteiger partial charge in [0, 0.05) is 37.8 Å². The molecule has 0 aromatic heterocycles. The van der Waals surface area contributed by atoms with Gasteiger partial charge in [-0.05, 0) is 48.9 Å². The van der Waals surface area contributed by atoms with Crippen LogP contribution in [0.2, 0.25) is 0 Å². The monoisotopic (exact) mass is 479 g/mol. The molecule has 3 aromatic rings. The molecule has 8 heteroatoms. The SMILES string of the molecule is COc1cc(OC)cc(C2=NN(S(=O)(=O)c3ccc(C)cc3)[C@@H](c3ccc(N(C)C)cc3)C2)c1. The summed E-state index contributed by atoms with van der Waals surface area (Å²) in [5, 5.41) is 4.64. The molecule has 4 rings (SSSR count). The number of ether oxygens (including phenoxy) is 2. The summed E-state index contributed by atoms with van der Waals surface area (Å²) in [6, 6.07) is 19.7. The standard InChI is InChI=1S/C26H29N3O4S/c1-18-6-12-24(13-7-18)34(30,31)29-26(19-8-10-21(11-9-19)28(2)3)17-25(27-29)20-14-22(32-4)16-23(15-20)33-5/h6-16,26H,17H2,1-5H3/t26-/m1/s1. The quantitative estimate of drug-likeness (QED) is 0.495. The van der Waals surface area contributed by atoms with Crippen molar-refractivity contribution in [3.8, 4) is 11.5 Å². The highest BCUT2D eigenvalue weighted by molar-refractivity contribution is 7.89. The van der Waals surface area contributed by atoms with E-state index in [1.807, 2.05) is 62.3 Å². The molecule has 1 heterocycles. The Hall–Kier alpha value is -3.52. The number of methoxy groups -OCH3 is 2. The molecular formula is C26H29N3O4S. The van der Waals surface area contributed by atoms with Crippen molar-refractivity contribution in [1.82, 2.24) is 4.41 Å². The van der Waals surface area contributed by atoms with E-state index in [-0.39, 0.29) is 4.90 Å². The Kier molecular flexibility index (Phi) is 6.52. The Labute approximate surface area is 201 Å². The van der Waals surface area contributed by atoms with Gasteiger partial charge in [-0.3, -0.25) is 0 Å². The highest BCUT2D eigenvalue weighted by Crippen LogP contribution is 2.38. The third-order valence-electron chi connectivity index (χ3n) is 5.92. The first-order valence-corrected chi connectivity index (χ1v) is 12.4. The third kappa shape index (κ3) is 4.59. The topological polar surface area (TPSA) is 71.4 Å². The smallest absolute Gasteiger partial charge is 0.279 e. The van der Waals surface area contributed by atoms with Gasteiger partial charge in [0.2, 0.25) is 0 Å². The van der Waals surface area contributed by atoms with Crippen molar-refractivity contribution < 1.29 is 17.9 Å². The molecule has 0 N–H and O–H groups in total. The van der Waals surface area contributed by atoms with Crippen LogP contribution in [-0.2, 0) is 10.0 Å². The van der Waals surface area contributed by atoms with E-state index in [1.54, 1.807) is 44.6 Å². The van der Waals surface area contributed by atoms with Gasteiger partial charge in [-0.25, -0.2) is 0 Å². The number of aryl methyl sites for hydroxylation is 1. The second-order valence-electron chi connectivity index (χ2n) is 8.44. The van der Waals surface area contributed by atoms with E-state index in [0.717, 1.165) is 22.4 Å². The van der Waals surface area contributed by atoms with E-state index in [9.17, 15) is 8.42 Å². The van der Waals surface area contributed by atoms with Gasteiger partial charge in [-0.15, -0.1) is 0 Å². The molecule has 0 amide bonds. The fraction of sp³-hybridized carbons (Fsp3) is 0.269. The van der Waals surface area contributed by atoms with Crippen molar-refractivity contribution in [2.24, 2.45) is 5.10 Å². The van der Waals surface area contributed by atoms with Crippen LogP contribution in [0.25, 0.3) is 0 Å². The van der Waals surface area contributed by atoms with Crippen LogP contribution in [0.5, 0.6) is 11.5 Å². The van der Waals surface area contributed by atoms with E-state index in [0.29, 0.717) is 23.6 Å². The Balaban J connectivity index is 1.80. The van der Waals surface area contributed by atoms with Crippen LogP contribution in [0.3, 0.4) is 0 Å². The molecule has 34 heavy (non-hydrogen) atoms. The van der Waals surface area contributed by atoms with Gasteiger partial charge in [0.15, 0.2) is 0 Å². The molecule has 1 atom stereocenters. The molecule has 0 radical (unpaired) electrons. The maximum absolute atomic E-state index is 13.7. The number of rotatable bonds is 7. The van der Waals surface area contributed by atoms with Crippen molar-refractivity contribution in [2.45, 2.75) is 24.3 Å². The van der Waals surface area contributed by atoms with Crippen molar-refractivity contribution in [2.75, 3.05) is 33.2 Å². The van der Waals surface area contributed by atoms with Crippen LogP contribution in [0.4, 0.5) is 5.69 Å². The molecule has 1 aliphatic rings.